The fraction of sp³-hybridized carbons (Fsp3) is 0.929. The zero-order valence-corrected chi connectivity index (χ0v) is 11.2. The van der Waals surface area contributed by atoms with Crippen molar-refractivity contribution >= 4 is 0 Å². The van der Waals surface area contributed by atoms with Gasteiger partial charge in [-0.1, -0.05) is 12.8 Å². The molecule has 3 nitrogen and oxygen atoms in total. The van der Waals surface area contributed by atoms with Crippen molar-refractivity contribution < 1.29 is 0 Å². The van der Waals surface area contributed by atoms with Crippen molar-refractivity contribution in [2.24, 2.45) is 11.7 Å². The Bertz CT molecular complexity index is 305. The van der Waals surface area contributed by atoms with E-state index in [0.29, 0.717) is 6.04 Å². The lowest BCUT2D eigenvalue weighted by Gasteiger charge is -2.37. The van der Waals surface area contributed by atoms with Gasteiger partial charge in [0, 0.05) is 12.1 Å². The van der Waals surface area contributed by atoms with E-state index in [9.17, 15) is 0 Å². The fourth-order valence-corrected chi connectivity index (χ4v) is 3.77. The first-order valence-corrected chi connectivity index (χ1v) is 6.99. The van der Waals surface area contributed by atoms with Gasteiger partial charge >= 0.3 is 0 Å². The molecular formula is C14H25N3. The lowest BCUT2D eigenvalue weighted by molar-refractivity contribution is 0.127. The van der Waals surface area contributed by atoms with E-state index < -0.39 is 5.54 Å². The highest BCUT2D eigenvalue weighted by Gasteiger charge is 2.38. The standard InChI is InChI=1S/C14H25N3/c1-11(9-14(2,16)10-15)17-8-7-12-5-3-4-6-13(12)17/h11-13H,3-9,16H2,1-2H3. The number of nitriles is 1. The Morgan fingerprint density at radius 3 is 2.82 bits per heavy atom. The molecule has 3 heteroatoms. The van der Waals surface area contributed by atoms with Crippen LogP contribution in [-0.2, 0) is 0 Å². The van der Waals surface area contributed by atoms with Crippen LogP contribution in [0.15, 0.2) is 0 Å². The molecule has 1 aliphatic heterocycles. The molecule has 96 valence electrons. The molecule has 0 amide bonds. The van der Waals surface area contributed by atoms with Crippen molar-refractivity contribution in [3.8, 4) is 6.07 Å². The molecule has 2 N–H and O–H groups in total. The average molecular weight is 235 g/mol. The van der Waals surface area contributed by atoms with Crippen molar-refractivity contribution in [3.63, 3.8) is 0 Å². The van der Waals surface area contributed by atoms with Gasteiger partial charge in [0.05, 0.1) is 6.07 Å². The third-order valence-corrected chi connectivity index (χ3v) is 4.59. The van der Waals surface area contributed by atoms with E-state index in [1.54, 1.807) is 0 Å². The van der Waals surface area contributed by atoms with Gasteiger partial charge in [0.2, 0.25) is 0 Å². The number of fused-ring (bicyclic) bond motifs is 1. The fourth-order valence-electron chi connectivity index (χ4n) is 3.77. The van der Waals surface area contributed by atoms with E-state index in [1.165, 1.54) is 38.6 Å². The van der Waals surface area contributed by atoms with Gasteiger partial charge in [0.15, 0.2) is 0 Å². The Morgan fingerprint density at radius 2 is 2.12 bits per heavy atom. The molecule has 2 rings (SSSR count). The Kier molecular flexibility index (Phi) is 3.75. The molecular weight excluding hydrogens is 210 g/mol. The maximum atomic E-state index is 9.02. The van der Waals surface area contributed by atoms with Crippen molar-refractivity contribution in [1.82, 2.24) is 4.90 Å². The normalized spacial score (nSPS) is 34.7. The highest BCUT2D eigenvalue weighted by atomic mass is 15.2. The van der Waals surface area contributed by atoms with Gasteiger partial charge in [-0.3, -0.25) is 4.90 Å². The van der Waals surface area contributed by atoms with Crippen molar-refractivity contribution in [2.75, 3.05) is 6.54 Å². The molecule has 0 aromatic rings. The Morgan fingerprint density at radius 1 is 1.41 bits per heavy atom. The number of nitrogens with two attached hydrogens (primary N) is 1. The highest BCUT2D eigenvalue weighted by molar-refractivity contribution is 5.04. The number of hydrogen-bond acceptors (Lipinski definition) is 3. The van der Waals surface area contributed by atoms with Crippen LogP contribution in [0.2, 0.25) is 0 Å². The minimum Gasteiger partial charge on any atom is -0.314 e. The van der Waals surface area contributed by atoms with Crippen LogP contribution in [0, 0.1) is 17.2 Å². The third kappa shape index (κ3) is 2.81. The lowest BCUT2D eigenvalue weighted by Crippen LogP contribution is -2.46. The summed E-state index contributed by atoms with van der Waals surface area (Å²) in [6.07, 6.45) is 7.68. The molecule has 1 saturated heterocycles. The van der Waals surface area contributed by atoms with Gasteiger partial charge < -0.3 is 5.73 Å². The van der Waals surface area contributed by atoms with Gasteiger partial charge in [-0.25, -0.2) is 0 Å². The predicted molar refractivity (Wildman–Crippen MR) is 69.4 cm³/mol. The number of hydrogen-bond donors (Lipinski definition) is 1. The van der Waals surface area contributed by atoms with Crippen LogP contribution >= 0.6 is 0 Å². The van der Waals surface area contributed by atoms with Crippen LogP contribution in [-0.4, -0.2) is 29.1 Å². The molecule has 0 aromatic heterocycles. The minimum absolute atomic E-state index is 0.442. The van der Waals surface area contributed by atoms with Crippen LogP contribution < -0.4 is 5.73 Å². The first-order chi connectivity index (χ1) is 8.03. The molecule has 4 unspecified atom stereocenters. The summed E-state index contributed by atoms with van der Waals surface area (Å²) in [6.45, 7) is 5.29. The molecule has 0 aromatic carbocycles. The predicted octanol–water partition coefficient (Wildman–Crippen LogP) is 2.27. The second kappa shape index (κ2) is 4.96. The van der Waals surface area contributed by atoms with Crippen LogP contribution in [0.3, 0.4) is 0 Å². The molecule has 1 saturated carbocycles. The maximum absolute atomic E-state index is 9.02. The zero-order chi connectivity index (χ0) is 12.5. The second-order valence-corrected chi connectivity index (χ2v) is 6.22. The summed E-state index contributed by atoms with van der Waals surface area (Å²) >= 11 is 0. The summed E-state index contributed by atoms with van der Waals surface area (Å²) in [5.74, 6) is 0.914. The van der Waals surface area contributed by atoms with E-state index >= 15 is 0 Å². The summed E-state index contributed by atoms with van der Waals surface area (Å²) < 4.78 is 0. The lowest BCUT2D eigenvalue weighted by atomic mass is 9.84. The quantitative estimate of drug-likeness (QED) is 0.816. The number of rotatable bonds is 3. The number of likely N-dealkylation sites (tertiary alicyclic amines) is 1. The molecule has 2 aliphatic rings. The maximum Gasteiger partial charge on any atom is 0.102 e. The van der Waals surface area contributed by atoms with Crippen LogP contribution in [0.1, 0.15) is 52.4 Å². The molecule has 4 atom stereocenters. The summed E-state index contributed by atoms with van der Waals surface area (Å²) in [5, 5.41) is 9.02. The van der Waals surface area contributed by atoms with E-state index in [0.717, 1.165) is 18.4 Å². The van der Waals surface area contributed by atoms with Crippen molar-refractivity contribution in [1.29, 1.82) is 5.26 Å². The van der Waals surface area contributed by atoms with Gasteiger partial charge in [0.25, 0.3) is 0 Å². The third-order valence-electron chi connectivity index (χ3n) is 4.59. The zero-order valence-electron chi connectivity index (χ0n) is 11.2. The highest BCUT2D eigenvalue weighted by Crippen LogP contribution is 2.38. The first kappa shape index (κ1) is 12.9. The van der Waals surface area contributed by atoms with E-state index in [-0.39, 0.29) is 0 Å². The number of nitrogens with zero attached hydrogens (tertiary/aromatic N) is 2. The van der Waals surface area contributed by atoms with E-state index in [2.05, 4.69) is 17.9 Å². The SMILES string of the molecule is CC(CC(C)(N)C#N)N1CCC2CCCCC21. The molecule has 1 heterocycles. The van der Waals surface area contributed by atoms with Gasteiger partial charge in [-0.05, 0) is 52.0 Å². The Balaban J connectivity index is 1.96. The second-order valence-electron chi connectivity index (χ2n) is 6.22. The summed E-state index contributed by atoms with van der Waals surface area (Å²) in [5.41, 5.74) is 5.29. The Hall–Kier alpha value is -0.590. The van der Waals surface area contributed by atoms with Gasteiger partial charge in [0.1, 0.15) is 5.54 Å². The van der Waals surface area contributed by atoms with Gasteiger partial charge in [-0.2, -0.15) is 5.26 Å². The average Bonchev–Trinajstić information content (AvgIpc) is 2.72. The van der Waals surface area contributed by atoms with E-state index in [1.807, 2.05) is 6.92 Å². The molecule has 17 heavy (non-hydrogen) atoms. The molecule has 0 spiro atoms. The largest absolute Gasteiger partial charge is 0.314 e. The monoisotopic (exact) mass is 235 g/mol. The topological polar surface area (TPSA) is 53.1 Å². The summed E-state index contributed by atoms with van der Waals surface area (Å²) in [4.78, 5) is 2.62. The summed E-state index contributed by atoms with van der Waals surface area (Å²) in [6, 6.07) is 3.43. The van der Waals surface area contributed by atoms with Crippen molar-refractivity contribution in [2.45, 2.75) is 70.0 Å². The first-order valence-electron chi connectivity index (χ1n) is 6.99. The molecule has 0 radical (unpaired) electrons. The smallest absolute Gasteiger partial charge is 0.102 e. The molecule has 2 fully saturated rings. The molecule has 1 aliphatic carbocycles. The minimum atomic E-state index is -0.674. The molecule has 0 bridgehead atoms. The van der Waals surface area contributed by atoms with Crippen LogP contribution in [0.4, 0.5) is 0 Å². The van der Waals surface area contributed by atoms with Gasteiger partial charge in [-0.15, -0.1) is 0 Å². The van der Waals surface area contributed by atoms with Crippen LogP contribution in [0.5, 0.6) is 0 Å². The Labute approximate surface area is 105 Å². The van der Waals surface area contributed by atoms with Crippen LogP contribution in [0.25, 0.3) is 0 Å². The van der Waals surface area contributed by atoms with E-state index in [4.69, 9.17) is 11.0 Å². The summed E-state index contributed by atoms with van der Waals surface area (Å²) in [7, 11) is 0. The van der Waals surface area contributed by atoms with Crippen molar-refractivity contribution in [3.05, 3.63) is 0 Å².